The summed E-state index contributed by atoms with van der Waals surface area (Å²) < 4.78 is 0. The van der Waals surface area contributed by atoms with Gasteiger partial charge in [-0.25, -0.2) is 0 Å². The third-order valence-corrected chi connectivity index (χ3v) is 2.39. The lowest BCUT2D eigenvalue weighted by molar-refractivity contribution is 0.520. The molecule has 1 unspecified atom stereocenters. The molecule has 2 heteroatoms. The highest BCUT2D eigenvalue weighted by Crippen LogP contribution is 2.08. The lowest BCUT2D eigenvalue weighted by atomic mass is 10.1. The summed E-state index contributed by atoms with van der Waals surface area (Å²) >= 11 is 0. The van der Waals surface area contributed by atoms with Crippen LogP contribution < -0.4 is 10.9 Å². The van der Waals surface area contributed by atoms with Gasteiger partial charge in [-0.15, -0.1) is 6.58 Å². The van der Waals surface area contributed by atoms with E-state index < -0.39 is 0 Å². The molecule has 0 amide bonds. The molecule has 2 N–H and O–H groups in total. The summed E-state index contributed by atoms with van der Waals surface area (Å²) in [5.41, 5.74) is 9.27. The minimum absolute atomic E-state index is 0.314. The first-order chi connectivity index (χ1) is 6.61. The van der Waals surface area contributed by atoms with E-state index in [0.29, 0.717) is 6.04 Å². The van der Waals surface area contributed by atoms with Gasteiger partial charge in [-0.3, -0.25) is 10.9 Å². The predicted octanol–water partition coefficient (Wildman–Crippen LogP) is 2.79. The van der Waals surface area contributed by atoms with Crippen LogP contribution in [-0.4, -0.2) is 12.6 Å². The molecule has 0 fully saturated rings. The molecule has 0 saturated carbocycles. The van der Waals surface area contributed by atoms with Crippen LogP contribution in [0.1, 0.15) is 40.5 Å². The van der Waals surface area contributed by atoms with Gasteiger partial charge in [0.1, 0.15) is 0 Å². The summed E-state index contributed by atoms with van der Waals surface area (Å²) in [6.07, 6.45) is 4.30. The topological polar surface area (TPSA) is 24.1 Å². The van der Waals surface area contributed by atoms with Crippen molar-refractivity contribution in [2.75, 3.05) is 6.54 Å². The molecule has 0 spiro atoms. The van der Waals surface area contributed by atoms with Crippen molar-refractivity contribution in [3.05, 3.63) is 23.8 Å². The highest BCUT2D eigenvalue weighted by Gasteiger charge is 1.97. The smallest absolute Gasteiger partial charge is 0.0362 e. The summed E-state index contributed by atoms with van der Waals surface area (Å²) in [7, 11) is 0. The Balaban J connectivity index is 3.77. The standard InChI is InChI=1S/C12H24N2/c1-6-8-10(3)11(4)9-13-14-12(5)7-2/h7,12-14H,2,6,8-9H2,1,3-5H3/b11-10+. The van der Waals surface area contributed by atoms with Crippen molar-refractivity contribution >= 4 is 0 Å². The molecule has 0 saturated heterocycles. The molecular weight excluding hydrogens is 172 g/mol. The second-order valence-corrected chi connectivity index (χ2v) is 3.83. The highest BCUT2D eigenvalue weighted by molar-refractivity contribution is 5.10. The molecule has 0 rings (SSSR count). The normalized spacial score (nSPS) is 14.9. The Hall–Kier alpha value is -0.600. The van der Waals surface area contributed by atoms with Crippen LogP contribution in [0.5, 0.6) is 0 Å². The van der Waals surface area contributed by atoms with E-state index in [4.69, 9.17) is 0 Å². The van der Waals surface area contributed by atoms with Crippen LogP contribution in [-0.2, 0) is 0 Å². The Morgan fingerprint density at radius 3 is 2.50 bits per heavy atom. The SMILES string of the molecule is C=CC(C)NNC/C(C)=C(\C)CCC. The summed E-state index contributed by atoms with van der Waals surface area (Å²) in [6, 6.07) is 0.314. The number of hydrazine groups is 1. The maximum Gasteiger partial charge on any atom is 0.0362 e. The van der Waals surface area contributed by atoms with Crippen LogP contribution in [0.25, 0.3) is 0 Å². The first-order valence-electron chi connectivity index (χ1n) is 5.38. The fraction of sp³-hybridized carbons (Fsp3) is 0.667. The molecule has 0 aliphatic carbocycles. The van der Waals surface area contributed by atoms with Gasteiger partial charge in [0.25, 0.3) is 0 Å². The molecule has 0 bridgehead atoms. The molecule has 0 aromatic heterocycles. The first kappa shape index (κ1) is 13.4. The Bertz CT molecular complexity index is 194. The molecular formula is C12H24N2. The maximum absolute atomic E-state index is 3.71. The van der Waals surface area contributed by atoms with E-state index in [1.165, 1.54) is 24.0 Å². The fourth-order valence-corrected chi connectivity index (χ4v) is 1.14. The van der Waals surface area contributed by atoms with Crippen LogP contribution >= 0.6 is 0 Å². The van der Waals surface area contributed by atoms with E-state index in [9.17, 15) is 0 Å². The van der Waals surface area contributed by atoms with Gasteiger partial charge in [0.05, 0.1) is 0 Å². The van der Waals surface area contributed by atoms with E-state index in [0.717, 1.165) is 6.54 Å². The average molecular weight is 196 g/mol. The van der Waals surface area contributed by atoms with Crippen molar-refractivity contribution in [2.45, 2.75) is 46.6 Å². The van der Waals surface area contributed by atoms with Gasteiger partial charge in [0.2, 0.25) is 0 Å². The van der Waals surface area contributed by atoms with Gasteiger partial charge in [0.15, 0.2) is 0 Å². The predicted molar refractivity (Wildman–Crippen MR) is 64.1 cm³/mol. The highest BCUT2D eigenvalue weighted by atomic mass is 15.4. The van der Waals surface area contributed by atoms with E-state index in [-0.39, 0.29) is 0 Å². The van der Waals surface area contributed by atoms with Gasteiger partial charge in [0, 0.05) is 12.6 Å². The Labute approximate surface area is 88.4 Å². The van der Waals surface area contributed by atoms with Crippen LogP contribution in [0.15, 0.2) is 23.8 Å². The lowest BCUT2D eigenvalue weighted by Gasteiger charge is -2.12. The largest absolute Gasteiger partial charge is 0.253 e. The molecule has 0 aromatic carbocycles. The molecule has 0 heterocycles. The zero-order valence-corrected chi connectivity index (χ0v) is 9.98. The van der Waals surface area contributed by atoms with Crippen molar-refractivity contribution < 1.29 is 0 Å². The third kappa shape index (κ3) is 5.95. The molecule has 0 aliphatic rings. The molecule has 82 valence electrons. The van der Waals surface area contributed by atoms with Gasteiger partial charge in [-0.05, 0) is 27.2 Å². The second kappa shape index (κ2) is 7.77. The Kier molecular flexibility index (Phi) is 7.44. The van der Waals surface area contributed by atoms with E-state index in [1.54, 1.807) is 0 Å². The van der Waals surface area contributed by atoms with Crippen LogP contribution in [0, 0.1) is 0 Å². The molecule has 0 radical (unpaired) electrons. The van der Waals surface area contributed by atoms with Crippen molar-refractivity contribution in [1.29, 1.82) is 0 Å². The van der Waals surface area contributed by atoms with Crippen molar-refractivity contribution in [2.24, 2.45) is 0 Å². The number of hydrogen-bond acceptors (Lipinski definition) is 2. The monoisotopic (exact) mass is 196 g/mol. The zero-order valence-electron chi connectivity index (χ0n) is 9.98. The summed E-state index contributed by atoms with van der Waals surface area (Å²) in [5, 5.41) is 0. The van der Waals surface area contributed by atoms with E-state index in [2.05, 4.69) is 45.1 Å². The van der Waals surface area contributed by atoms with E-state index >= 15 is 0 Å². The number of nitrogens with one attached hydrogen (secondary N) is 2. The quantitative estimate of drug-likeness (QED) is 0.483. The Morgan fingerprint density at radius 2 is 2.00 bits per heavy atom. The molecule has 1 atom stereocenters. The fourth-order valence-electron chi connectivity index (χ4n) is 1.14. The van der Waals surface area contributed by atoms with Crippen molar-refractivity contribution in [1.82, 2.24) is 10.9 Å². The minimum atomic E-state index is 0.314. The third-order valence-electron chi connectivity index (χ3n) is 2.39. The van der Waals surface area contributed by atoms with Crippen molar-refractivity contribution in [3.8, 4) is 0 Å². The zero-order chi connectivity index (χ0) is 11.0. The second-order valence-electron chi connectivity index (χ2n) is 3.83. The molecule has 0 aliphatic heterocycles. The van der Waals surface area contributed by atoms with Gasteiger partial charge >= 0.3 is 0 Å². The Morgan fingerprint density at radius 1 is 1.36 bits per heavy atom. The maximum atomic E-state index is 3.71. The number of allylic oxidation sites excluding steroid dienone is 1. The van der Waals surface area contributed by atoms with E-state index in [1.807, 2.05) is 6.08 Å². The lowest BCUT2D eigenvalue weighted by Crippen LogP contribution is -2.38. The number of rotatable bonds is 7. The van der Waals surface area contributed by atoms with Gasteiger partial charge < -0.3 is 0 Å². The van der Waals surface area contributed by atoms with Gasteiger partial charge in [-0.1, -0.05) is 30.6 Å². The molecule has 0 aromatic rings. The van der Waals surface area contributed by atoms with Crippen LogP contribution in [0.4, 0.5) is 0 Å². The number of hydrogen-bond donors (Lipinski definition) is 2. The summed E-state index contributed by atoms with van der Waals surface area (Å²) in [5.74, 6) is 0. The van der Waals surface area contributed by atoms with Gasteiger partial charge in [-0.2, -0.15) is 0 Å². The van der Waals surface area contributed by atoms with Crippen LogP contribution in [0.3, 0.4) is 0 Å². The average Bonchev–Trinajstić information content (AvgIpc) is 2.17. The summed E-state index contributed by atoms with van der Waals surface area (Å²) in [4.78, 5) is 0. The molecule has 2 nitrogen and oxygen atoms in total. The first-order valence-corrected chi connectivity index (χ1v) is 5.38. The molecule has 14 heavy (non-hydrogen) atoms. The minimum Gasteiger partial charge on any atom is -0.253 e. The summed E-state index contributed by atoms with van der Waals surface area (Å²) in [6.45, 7) is 13.3. The van der Waals surface area contributed by atoms with Crippen LogP contribution in [0.2, 0.25) is 0 Å². The van der Waals surface area contributed by atoms with Crippen molar-refractivity contribution in [3.63, 3.8) is 0 Å².